The van der Waals surface area contributed by atoms with Gasteiger partial charge in [-0.15, -0.1) is 10.2 Å². The van der Waals surface area contributed by atoms with Crippen molar-refractivity contribution in [3.8, 4) is 16.3 Å². The van der Waals surface area contributed by atoms with E-state index in [1.165, 1.54) is 11.3 Å². The molecule has 0 bridgehead atoms. The SMILES string of the molecule is OCc1nnc(-n2cc(-c3ccccc3)cn2)s1. The van der Waals surface area contributed by atoms with E-state index in [-0.39, 0.29) is 6.61 Å². The lowest BCUT2D eigenvalue weighted by atomic mass is 10.1. The van der Waals surface area contributed by atoms with Crippen LogP contribution in [0, 0.1) is 0 Å². The third-order valence-electron chi connectivity index (χ3n) is 2.48. The number of aromatic nitrogens is 4. The van der Waals surface area contributed by atoms with E-state index < -0.39 is 0 Å². The fourth-order valence-electron chi connectivity index (χ4n) is 1.61. The van der Waals surface area contributed by atoms with Crippen molar-refractivity contribution in [3.63, 3.8) is 0 Å². The van der Waals surface area contributed by atoms with Gasteiger partial charge in [0.15, 0.2) is 0 Å². The molecule has 18 heavy (non-hydrogen) atoms. The number of rotatable bonds is 3. The Morgan fingerprint density at radius 3 is 2.67 bits per heavy atom. The van der Waals surface area contributed by atoms with Crippen LogP contribution >= 0.6 is 11.3 Å². The largest absolute Gasteiger partial charge is 0.389 e. The van der Waals surface area contributed by atoms with Gasteiger partial charge in [-0.1, -0.05) is 41.7 Å². The van der Waals surface area contributed by atoms with Crippen LogP contribution in [0.5, 0.6) is 0 Å². The number of nitrogens with zero attached hydrogens (tertiary/aromatic N) is 4. The zero-order valence-corrected chi connectivity index (χ0v) is 10.2. The summed E-state index contributed by atoms with van der Waals surface area (Å²) in [4.78, 5) is 0. The number of benzene rings is 1. The van der Waals surface area contributed by atoms with Gasteiger partial charge in [-0.3, -0.25) is 0 Å². The second kappa shape index (κ2) is 4.67. The number of hydrogen-bond acceptors (Lipinski definition) is 5. The van der Waals surface area contributed by atoms with Gasteiger partial charge in [0.05, 0.1) is 12.8 Å². The third-order valence-corrected chi connectivity index (χ3v) is 3.37. The highest BCUT2D eigenvalue weighted by Gasteiger charge is 2.07. The minimum atomic E-state index is -0.0928. The zero-order chi connectivity index (χ0) is 12.4. The molecule has 6 heteroatoms. The number of aliphatic hydroxyl groups is 1. The van der Waals surface area contributed by atoms with E-state index in [4.69, 9.17) is 5.11 Å². The maximum atomic E-state index is 8.96. The number of hydrogen-bond donors (Lipinski definition) is 1. The quantitative estimate of drug-likeness (QED) is 0.779. The van der Waals surface area contributed by atoms with Gasteiger partial charge in [-0.2, -0.15) is 5.10 Å². The fraction of sp³-hybridized carbons (Fsp3) is 0.0833. The standard InChI is InChI=1S/C12H10N4OS/c17-8-11-14-15-12(18-11)16-7-10(6-13-16)9-4-2-1-3-5-9/h1-7,17H,8H2. The first-order valence-corrected chi connectivity index (χ1v) is 6.22. The molecule has 0 radical (unpaired) electrons. The summed E-state index contributed by atoms with van der Waals surface area (Å²) in [5, 5.41) is 22.3. The molecular formula is C12H10N4OS. The topological polar surface area (TPSA) is 63.8 Å². The molecule has 0 unspecified atom stereocenters. The Balaban J connectivity index is 1.94. The highest BCUT2D eigenvalue weighted by Crippen LogP contribution is 2.21. The molecule has 3 aromatic rings. The first-order chi connectivity index (χ1) is 8.86. The molecule has 0 aliphatic rings. The molecule has 0 spiro atoms. The molecular weight excluding hydrogens is 248 g/mol. The molecule has 5 nitrogen and oxygen atoms in total. The van der Waals surface area contributed by atoms with Crippen molar-refractivity contribution >= 4 is 11.3 Å². The first kappa shape index (κ1) is 11.1. The van der Waals surface area contributed by atoms with Crippen molar-refractivity contribution in [1.29, 1.82) is 0 Å². The van der Waals surface area contributed by atoms with Crippen molar-refractivity contribution in [3.05, 3.63) is 47.7 Å². The summed E-state index contributed by atoms with van der Waals surface area (Å²) in [6, 6.07) is 10.0. The normalized spacial score (nSPS) is 10.7. The lowest BCUT2D eigenvalue weighted by Crippen LogP contribution is -1.92. The van der Waals surface area contributed by atoms with Gasteiger partial charge in [0.2, 0.25) is 5.13 Å². The van der Waals surface area contributed by atoms with E-state index >= 15 is 0 Å². The Labute approximate surface area is 107 Å². The van der Waals surface area contributed by atoms with Crippen LogP contribution in [0.4, 0.5) is 0 Å². The van der Waals surface area contributed by atoms with Gasteiger partial charge in [-0.05, 0) is 5.56 Å². The molecule has 0 saturated carbocycles. The van der Waals surface area contributed by atoms with E-state index in [0.717, 1.165) is 11.1 Å². The van der Waals surface area contributed by atoms with Crippen LogP contribution in [0.25, 0.3) is 16.3 Å². The van der Waals surface area contributed by atoms with Gasteiger partial charge in [0, 0.05) is 11.8 Å². The van der Waals surface area contributed by atoms with Gasteiger partial charge in [0.25, 0.3) is 0 Å². The predicted molar refractivity (Wildman–Crippen MR) is 68.4 cm³/mol. The molecule has 1 aromatic carbocycles. The maximum absolute atomic E-state index is 8.96. The molecule has 0 saturated heterocycles. The van der Waals surface area contributed by atoms with E-state index in [9.17, 15) is 0 Å². The monoisotopic (exact) mass is 258 g/mol. The molecule has 2 aromatic heterocycles. The molecule has 90 valence electrons. The van der Waals surface area contributed by atoms with Crippen molar-refractivity contribution in [2.45, 2.75) is 6.61 Å². The van der Waals surface area contributed by atoms with Crippen LogP contribution in [-0.2, 0) is 6.61 Å². The Morgan fingerprint density at radius 1 is 1.11 bits per heavy atom. The van der Waals surface area contributed by atoms with E-state index in [1.54, 1.807) is 10.9 Å². The maximum Gasteiger partial charge on any atom is 0.232 e. The van der Waals surface area contributed by atoms with Crippen LogP contribution < -0.4 is 0 Å². The lowest BCUT2D eigenvalue weighted by molar-refractivity contribution is 0.280. The first-order valence-electron chi connectivity index (χ1n) is 5.40. The molecule has 2 heterocycles. The summed E-state index contributed by atoms with van der Waals surface area (Å²) >= 11 is 1.32. The molecule has 1 N–H and O–H groups in total. The van der Waals surface area contributed by atoms with Gasteiger partial charge < -0.3 is 5.11 Å². The Bertz CT molecular complexity index is 647. The average molecular weight is 258 g/mol. The molecule has 0 atom stereocenters. The Morgan fingerprint density at radius 2 is 1.94 bits per heavy atom. The lowest BCUT2D eigenvalue weighted by Gasteiger charge is -1.94. The highest BCUT2D eigenvalue weighted by atomic mass is 32.1. The Hall–Kier alpha value is -2.05. The summed E-state index contributed by atoms with van der Waals surface area (Å²) in [5.74, 6) is 0. The molecule has 0 aliphatic heterocycles. The van der Waals surface area contributed by atoms with Crippen molar-refractivity contribution < 1.29 is 5.11 Å². The summed E-state index contributed by atoms with van der Waals surface area (Å²) in [5.41, 5.74) is 2.13. The second-order valence-corrected chi connectivity index (χ2v) is 4.72. The Kier molecular flexibility index (Phi) is 2.87. The smallest absolute Gasteiger partial charge is 0.232 e. The van der Waals surface area contributed by atoms with E-state index in [2.05, 4.69) is 15.3 Å². The van der Waals surface area contributed by atoms with Crippen LogP contribution in [0.2, 0.25) is 0 Å². The molecule has 0 fully saturated rings. The highest BCUT2D eigenvalue weighted by molar-refractivity contribution is 7.13. The molecule has 0 aliphatic carbocycles. The van der Waals surface area contributed by atoms with Crippen LogP contribution in [-0.4, -0.2) is 25.1 Å². The molecule has 3 rings (SSSR count). The van der Waals surface area contributed by atoms with Gasteiger partial charge in [-0.25, -0.2) is 4.68 Å². The summed E-state index contributed by atoms with van der Waals surface area (Å²) in [6.45, 7) is -0.0928. The van der Waals surface area contributed by atoms with Crippen LogP contribution in [0.15, 0.2) is 42.7 Å². The van der Waals surface area contributed by atoms with E-state index in [1.807, 2.05) is 36.5 Å². The fourth-order valence-corrected chi connectivity index (χ4v) is 2.24. The summed E-state index contributed by atoms with van der Waals surface area (Å²) < 4.78 is 1.67. The van der Waals surface area contributed by atoms with Crippen LogP contribution in [0.1, 0.15) is 5.01 Å². The number of aliphatic hydroxyl groups excluding tert-OH is 1. The van der Waals surface area contributed by atoms with E-state index in [0.29, 0.717) is 10.1 Å². The van der Waals surface area contributed by atoms with Crippen molar-refractivity contribution in [2.75, 3.05) is 0 Å². The van der Waals surface area contributed by atoms with Crippen LogP contribution in [0.3, 0.4) is 0 Å². The summed E-state index contributed by atoms with van der Waals surface area (Å²) in [6.07, 6.45) is 3.69. The van der Waals surface area contributed by atoms with Gasteiger partial charge in [0.1, 0.15) is 5.01 Å². The van der Waals surface area contributed by atoms with Crippen molar-refractivity contribution in [2.24, 2.45) is 0 Å². The predicted octanol–water partition coefficient (Wildman–Crippen LogP) is 1.88. The average Bonchev–Trinajstić information content (AvgIpc) is 3.08. The second-order valence-electron chi connectivity index (χ2n) is 3.68. The third kappa shape index (κ3) is 2.03. The zero-order valence-electron chi connectivity index (χ0n) is 9.39. The molecule has 0 amide bonds. The van der Waals surface area contributed by atoms with Gasteiger partial charge >= 0.3 is 0 Å². The van der Waals surface area contributed by atoms with Crippen molar-refractivity contribution in [1.82, 2.24) is 20.0 Å². The minimum Gasteiger partial charge on any atom is -0.389 e. The minimum absolute atomic E-state index is 0.0928. The summed E-state index contributed by atoms with van der Waals surface area (Å²) in [7, 11) is 0.